The van der Waals surface area contributed by atoms with Gasteiger partial charge in [-0.1, -0.05) is 6.92 Å². The van der Waals surface area contributed by atoms with E-state index in [9.17, 15) is 30.8 Å². The molecular formula is C22H32F4N4O4S. The van der Waals surface area contributed by atoms with Crippen molar-refractivity contribution >= 4 is 21.6 Å². The van der Waals surface area contributed by atoms with E-state index in [1.54, 1.807) is 0 Å². The zero-order valence-corrected chi connectivity index (χ0v) is 21.1. The molecule has 2 heterocycles. The fourth-order valence-electron chi connectivity index (χ4n) is 3.90. The Bertz CT molecular complexity index is 1010. The van der Waals surface area contributed by atoms with Gasteiger partial charge < -0.3 is 9.64 Å². The highest BCUT2D eigenvalue weighted by Crippen LogP contribution is 2.37. The van der Waals surface area contributed by atoms with E-state index in [1.165, 1.54) is 0 Å². The van der Waals surface area contributed by atoms with Crippen molar-refractivity contribution in [3.8, 4) is 0 Å². The lowest BCUT2D eigenvalue weighted by atomic mass is 9.92. The van der Waals surface area contributed by atoms with Crippen molar-refractivity contribution in [1.29, 1.82) is 0 Å². The first-order chi connectivity index (χ1) is 16.4. The topological polar surface area (TPSA) is 92.7 Å². The Balaban J connectivity index is 2.42. The average molecular weight is 525 g/mol. The van der Waals surface area contributed by atoms with Crippen LogP contribution in [0, 0.1) is 5.92 Å². The molecular weight excluding hydrogens is 492 g/mol. The number of alkyl halides is 4. The Kier molecular flexibility index (Phi) is 10.6. The Morgan fingerprint density at radius 1 is 1.14 bits per heavy atom. The lowest BCUT2D eigenvalue weighted by Crippen LogP contribution is -2.43. The maximum absolute atomic E-state index is 13.5. The second-order valence-corrected chi connectivity index (χ2v) is 10.2. The van der Waals surface area contributed by atoms with Gasteiger partial charge in [-0.05, 0) is 45.2 Å². The first-order valence-corrected chi connectivity index (χ1v) is 12.8. The van der Waals surface area contributed by atoms with Gasteiger partial charge in [0.1, 0.15) is 4.91 Å². The third-order valence-corrected chi connectivity index (χ3v) is 8.02. The van der Waals surface area contributed by atoms with E-state index in [2.05, 4.69) is 9.97 Å². The van der Waals surface area contributed by atoms with E-state index < -0.39 is 58.0 Å². The van der Waals surface area contributed by atoms with E-state index in [0.29, 0.717) is 26.2 Å². The fourth-order valence-corrected chi connectivity index (χ4v) is 5.68. The fraction of sp³-hybridized carbons (Fsp3) is 0.682. The molecule has 0 radical (unpaired) electrons. The zero-order chi connectivity index (χ0) is 26.3. The van der Waals surface area contributed by atoms with Crippen molar-refractivity contribution in [2.24, 2.45) is 5.92 Å². The number of fused-ring (bicyclic) bond motifs is 1. The molecule has 2 atom stereocenters. The number of nitrogens with zero attached hydrogens (tertiary/aromatic N) is 4. The minimum absolute atomic E-state index is 0.00819. The van der Waals surface area contributed by atoms with E-state index in [-0.39, 0.29) is 28.3 Å². The molecule has 13 heteroatoms. The second-order valence-electron chi connectivity index (χ2n) is 8.45. The number of halogens is 4. The number of likely N-dealkylation sites (N-methyl/N-ethyl adjacent to an activating group) is 1. The van der Waals surface area contributed by atoms with Crippen LogP contribution in [0.15, 0.2) is 22.9 Å². The minimum Gasteiger partial charge on any atom is -0.380 e. The minimum atomic E-state index is -4.85. The van der Waals surface area contributed by atoms with Crippen LogP contribution in [0.5, 0.6) is 0 Å². The largest absolute Gasteiger partial charge is 0.380 e. The monoisotopic (exact) mass is 524 g/mol. The molecule has 0 N–H and O–H groups in total. The summed E-state index contributed by atoms with van der Waals surface area (Å²) in [7, 11) is -2.95. The SMILES string of the molecule is CCOCCN(C)C(C)C(C)CC/C(CC(F)F)=C1\C(=O)c2nccnc2N(CC(F)F)S1(=O)=O. The number of carbonyl (C=O) groups is 1. The van der Waals surface area contributed by atoms with Crippen molar-refractivity contribution < 1.29 is 35.5 Å². The number of hydrogen-bond donors (Lipinski definition) is 0. The first-order valence-electron chi connectivity index (χ1n) is 11.4. The summed E-state index contributed by atoms with van der Waals surface area (Å²) in [5.41, 5.74) is -0.751. The number of ketones is 1. The summed E-state index contributed by atoms with van der Waals surface area (Å²) in [6, 6.07) is 0.00819. The zero-order valence-electron chi connectivity index (χ0n) is 20.3. The van der Waals surface area contributed by atoms with Crippen LogP contribution in [0.1, 0.15) is 50.5 Å². The average Bonchev–Trinajstić information content (AvgIpc) is 2.78. The number of rotatable bonds is 13. The van der Waals surface area contributed by atoms with Gasteiger partial charge in [0.25, 0.3) is 16.4 Å². The van der Waals surface area contributed by atoms with Gasteiger partial charge in [-0.25, -0.2) is 40.3 Å². The molecule has 0 saturated heterocycles. The van der Waals surface area contributed by atoms with Crippen LogP contribution in [-0.4, -0.2) is 81.3 Å². The summed E-state index contributed by atoms with van der Waals surface area (Å²) < 4.78 is 85.6. The molecule has 1 aliphatic rings. The quantitative estimate of drug-likeness (QED) is 0.220. The van der Waals surface area contributed by atoms with Gasteiger partial charge in [0, 0.05) is 38.0 Å². The highest BCUT2D eigenvalue weighted by molar-refractivity contribution is 7.97. The highest BCUT2D eigenvalue weighted by atomic mass is 32.2. The second kappa shape index (κ2) is 12.7. The Labute approximate surface area is 203 Å². The van der Waals surface area contributed by atoms with Crippen LogP contribution in [0.3, 0.4) is 0 Å². The summed E-state index contributed by atoms with van der Waals surface area (Å²) >= 11 is 0. The maximum Gasteiger partial charge on any atom is 0.269 e. The van der Waals surface area contributed by atoms with Crippen molar-refractivity contribution in [2.45, 2.75) is 58.9 Å². The predicted octanol–water partition coefficient (Wildman–Crippen LogP) is 3.76. The van der Waals surface area contributed by atoms with Crippen LogP contribution in [0.25, 0.3) is 0 Å². The standard InChI is InChI=1S/C22H32F4N4O4S/c1-5-34-11-10-29(4)15(3)14(2)6-7-16(12-17(23)24)21-20(31)19-22(28-9-8-27-19)30(13-18(25)26)35(21,32)33/h8-9,14-15,17-18H,5-7,10-13H2,1-4H3/b21-16-. The predicted molar refractivity (Wildman–Crippen MR) is 123 cm³/mol. The number of aromatic nitrogens is 2. The summed E-state index contributed by atoms with van der Waals surface area (Å²) in [4.78, 5) is 21.8. The van der Waals surface area contributed by atoms with Gasteiger partial charge in [0.2, 0.25) is 12.2 Å². The molecule has 198 valence electrons. The molecule has 0 fully saturated rings. The van der Waals surface area contributed by atoms with Gasteiger partial charge in [-0.15, -0.1) is 0 Å². The van der Waals surface area contributed by atoms with Crippen molar-refractivity contribution in [2.75, 3.05) is 37.7 Å². The van der Waals surface area contributed by atoms with Crippen LogP contribution < -0.4 is 4.31 Å². The third kappa shape index (κ3) is 7.20. The van der Waals surface area contributed by atoms with E-state index in [0.717, 1.165) is 12.4 Å². The van der Waals surface area contributed by atoms with Gasteiger partial charge in [0.05, 0.1) is 13.2 Å². The molecule has 35 heavy (non-hydrogen) atoms. The highest BCUT2D eigenvalue weighted by Gasteiger charge is 2.45. The number of allylic oxidation sites excluding steroid dienone is 2. The van der Waals surface area contributed by atoms with E-state index in [1.807, 2.05) is 32.7 Å². The molecule has 0 spiro atoms. The van der Waals surface area contributed by atoms with Gasteiger partial charge >= 0.3 is 0 Å². The molecule has 0 bridgehead atoms. The Morgan fingerprint density at radius 2 is 1.80 bits per heavy atom. The molecule has 1 aromatic heterocycles. The summed E-state index contributed by atoms with van der Waals surface area (Å²) in [5, 5.41) is 0. The van der Waals surface area contributed by atoms with E-state index >= 15 is 0 Å². The summed E-state index contributed by atoms with van der Waals surface area (Å²) in [5.74, 6) is -1.69. The van der Waals surface area contributed by atoms with Crippen molar-refractivity contribution in [1.82, 2.24) is 14.9 Å². The maximum atomic E-state index is 13.5. The molecule has 2 rings (SSSR count). The molecule has 0 amide bonds. The number of ether oxygens (including phenoxy) is 1. The Morgan fingerprint density at radius 3 is 2.40 bits per heavy atom. The molecule has 1 aliphatic heterocycles. The lowest BCUT2D eigenvalue weighted by Gasteiger charge is -2.32. The molecule has 0 aliphatic carbocycles. The molecule has 0 aromatic carbocycles. The van der Waals surface area contributed by atoms with Crippen LogP contribution in [-0.2, 0) is 14.8 Å². The Hall–Kier alpha value is -2.12. The lowest BCUT2D eigenvalue weighted by molar-refractivity contribution is 0.0969. The van der Waals surface area contributed by atoms with Crippen LogP contribution in [0.4, 0.5) is 23.4 Å². The number of carbonyl (C=O) groups excluding carboxylic acids is 1. The molecule has 1 aromatic rings. The number of anilines is 1. The smallest absolute Gasteiger partial charge is 0.269 e. The van der Waals surface area contributed by atoms with Crippen LogP contribution >= 0.6 is 0 Å². The van der Waals surface area contributed by atoms with Crippen molar-refractivity contribution in [3.63, 3.8) is 0 Å². The molecule has 8 nitrogen and oxygen atoms in total. The number of hydrogen-bond acceptors (Lipinski definition) is 7. The molecule has 0 saturated carbocycles. The van der Waals surface area contributed by atoms with Gasteiger partial charge in [-0.3, -0.25) is 4.79 Å². The third-order valence-electron chi connectivity index (χ3n) is 6.12. The van der Waals surface area contributed by atoms with Crippen LogP contribution in [0.2, 0.25) is 0 Å². The van der Waals surface area contributed by atoms with Gasteiger partial charge in [-0.2, -0.15) is 0 Å². The first kappa shape index (κ1) is 29.1. The van der Waals surface area contributed by atoms with E-state index in [4.69, 9.17) is 4.74 Å². The molecule has 2 unspecified atom stereocenters. The number of Topliss-reactive ketones (excluding diaryl/α,β-unsaturated/α-hetero) is 1. The summed E-state index contributed by atoms with van der Waals surface area (Å²) in [6.45, 7) is 6.22. The summed E-state index contributed by atoms with van der Waals surface area (Å²) in [6.07, 6.45) is -4.62. The normalized spacial score (nSPS) is 18.8. The number of sulfonamides is 1. The van der Waals surface area contributed by atoms with Gasteiger partial charge in [0.15, 0.2) is 11.5 Å². The van der Waals surface area contributed by atoms with Crippen molar-refractivity contribution in [3.05, 3.63) is 28.6 Å².